The second-order valence-corrected chi connectivity index (χ2v) is 6.60. The summed E-state index contributed by atoms with van der Waals surface area (Å²) in [6.45, 7) is 4.57. The summed E-state index contributed by atoms with van der Waals surface area (Å²) >= 11 is 0. The van der Waals surface area contributed by atoms with Crippen molar-refractivity contribution >= 4 is 17.8 Å². The highest BCUT2D eigenvalue weighted by Gasteiger charge is 2.43. The van der Waals surface area contributed by atoms with Crippen LogP contribution in [0.15, 0.2) is 11.8 Å². The smallest absolute Gasteiger partial charge is 0.370 e. The summed E-state index contributed by atoms with van der Waals surface area (Å²) in [5.41, 5.74) is 0. The first-order valence-electron chi connectivity index (χ1n) is 8.22. The molecule has 10 nitrogen and oxygen atoms in total. The summed E-state index contributed by atoms with van der Waals surface area (Å²) in [5, 5.41) is 44.3. The largest absolute Gasteiger partial charge is 0.478 e. The Morgan fingerprint density at radius 1 is 1.27 bits per heavy atom. The number of carbonyl (C=O) groups is 3. The van der Waals surface area contributed by atoms with Crippen LogP contribution in [0.1, 0.15) is 27.2 Å². The molecule has 26 heavy (non-hydrogen) atoms. The van der Waals surface area contributed by atoms with Crippen LogP contribution in [0.4, 0.5) is 0 Å². The number of aliphatic carboxylic acids is 1. The van der Waals surface area contributed by atoms with Gasteiger partial charge < -0.3 is 35.8 Å². The van der Waals surface area contributed by atoms with Gasteiger partial charge in [0.05, 0.1) is 6.04 Å². The lowest BCUT2D eigenvalue weighted by Gasteiger charge is -2.38. The highest BCUT2D eigenvalue weighted by atomic mass is 16.5. The number of carboxylic acid groups (broad SMARTS) is 1. The minimum Gasteiger partial charge on any atom is -0.478 e. The van der Waals surface area contributed by atoms with Gasteiger partial charge >= 0.3 is 5.97 Å². The third kappa shape index (κ3) is 6.28. The first kappa shape index (κ1) is 21.9. The van der Waals surface area contributed by atoms with Gasteiger partial charge in [-0.1, -0.05) is 13.8 Å². The zero-order chi connectivity index (χ0) is 20.0. The second kappa shape index (κ2) is 9.51. The van der Waals surface area contributed by atoms with Crippen molar-refractivity contribution in [3.63, 3.8) is 0 Å². The second-order valence-electron chi connectivity index (χ2n) is 6.60. The highest BCUT2D eigenvalue weighted by molar-refractivity contribution is 5.84. The number of rotatable bonds is 8. The Hall–Kier alpha value is -2.17. The number of hydrogen-bond acceptors (Lipinski definition) is 7. The Morgan fingerprint density at radius 2 is 1.88 bits per heavy atom. The van der Waals surface area contributed by atoms with Gasteiger partial charge in [-0.05, 0) is 12.0 Å². The molecule has 2 amide bonds. The molecule has 0 aromatic carbocycles. The van der Waals surface area contributed by atoms with E-state index in [0.29, 0.717) is 0 Å². The number of carboxylic acids is 1. The van der Waals surface area contributed by atoms with Crippen molar-refractivity contribution in [2.24, 2.45) is 5.92 Å². The molecule has 0 saturated carbocycles. The third-order valence-corrected chi connectivity index (χ3v) is 3.72. The summed E-state index contributed by atoms with van der Waals surface area (Å²) in [7, 11) is 0. The molecule has 1 aliphatic rings. The third-order valence-electron chi connectivity index (χ3n) is 3.72. The first-order chi connectivity index (χ1) is 12.0. The van der Waals surface area contributed by atoms with Crippen LogP contribution in [-0.2, 0) is 19.1 Å². The molecule has 0 saturated heterocycles. The molecule has 4 unspecified atom stereocenters. The maximum absolute atomic E-state index is 11.6. The average Bonchev–Trinajstić information content (AvgIpc) is 2.52. The Bertz CT molecular complexity index is 562. The lowest BCUT2D eigenvalue weighted by Crippen LogP contribution is -2.60. The number of aliphatic hydroxyl groups is 3. The molecule has 6 N–H and O–H groups in total. The van der Waals surface area contributed by atoms with Crippen LogP contribution in [0.5, 0.6) is 0 Å². The number of hydrogen-bond donors (Lipinski definition) is 6. The van der Waals surface area contributed by atoms with E-state index in [1.165, 1.54) is 6.92 Å². The Balaban J connectivity index is 2.85. The number of ether oxygens (including phenoxy) is 1. The minimum absolute atomic E-state index is 0.112. The zero-order valence-corrected chi connectivity index (χ0v) is 14.9. The summed E-state index contributed by atoms with van der Waals surface area (Å²) in [5.74, 6) is -2.83. The topological polar surface area (TPSA) is 165 Å². The lowest BCUT2D eigenvalue weighted by molar-refractivity contribution is -0.147. The number of amides is 2. The quantitative estimate of drug-likeness (QED) is 0.287. The van der Waals surface area contributed by atoms with Crippen LogP contribution in [0.3, 0.4) is 0 Å². The van der Waals surface area contributed by atoms with Crippen LogP contribution < -0.4 is 10.6 Å². The molecule has 0 radical (unpaired) electrons. The fourth-order valence-corrected chi connectivity index (χ4v) is 2.52. The molecule has 1 aliphatic heterocycles. The molecule has 0 aliphatic carbocycles. The normalized spacial score (nSPS) is 24.9. The van der Waals surface area contributed by atoms with Crippen molar-refractivity contribution in [3.05, 3.63) is 11.8 Å². The van der Waals surface area contributed by atoms with Crippen molar-refractivity contribution in [3.8, 4) is 0 Å². The van der Waals surface area contributed by atoms with Gasteiger partial charge in [0, 0.05) is 19.9 Å². The summed E-state index contributed by atoms with van der Waals surface area (Å²) in [4.78, 5) is 34.0. The summed E-state index contributed by atoms with van der Waals surface area (Å²) in [6, 6.07) is -1.17. The maximum atomic E-state index is 11.6. The van der Waals surface area contributed by atoms with E-state index in [0.717, 1.165) is 6.08 Å². The lowest BCUT2D eigenvalue weighted by atomic mass is 9.93. The SMILES string of the molecule is CC(=O)NC1C(C(O)C(O)CNC(=O)CC(C)C)OC(C(=O)O)=C[C@H]1O. The van der Waals surface area contributed by atoms with Gasteiger partial charge in [0.15, 0.2) is 6.10 Å². The first-order valence-corrected chi connectivity index (χ1v) is 8.22. The molecule has 5 atom stereocenters. The van der Waals surface area contributed by atoms with Crippen molar-refractivity contribution in [1.29, 1.82) is 0 Å². The van der Waals surface area contributed by atoms with Gasteiger partial charge in [-0.25, -0.2) is 4.79 Å². The molecular weight excluding hydrogens is 348 g/mol. The Kier molecular flexibility index (Phi) is 8.00. The van der Waals surface area contributed by atoms with Crippen molar-refractivity contribution < 1.29 is 39.5 Å². The number of aliphatic hydroxyl groups excluding tert-OH is 3. The molecule has 0 aromatic rings. The summed E-state index contributed by atoms with van der Waals surface area (Å²) < 4.78 is 5.15. The standard InChI is InChI=1S/C16H26N2O8/c1-7(2)4-12(22)17-6-10(21)14(23)15-13(18-8(3)19)9(20)5-11(26-15)16(24)25/h5,7,9-10,13-15,20-21,23H,4,6H2,1-3H3,(H,17,22)(H,18,19)(H,24,25)/t9-,10?,13?,14?,15?/m1/s1. The fourth-order valence-electron chi connectivity index (χ4n) is 2.52. The van der Waals surface area contributed by atoms with E-state index in [4.69, 9.17) is 9.84 Å². The molecule has 10 heteroatoms. The molecular formula is C16H26N2O8. The van der Waals surface area contributed by atoms with E-state index >= 15 is 0 Å². The van der Waals surface area contributed by atoms with Crippen molar-refractivity contribution in [2.45, 2.75) is 57.6 Å². The monoisotopic (exact) mass is 374 g/mol. The number of nitrogens with one attached hydrogen (secondary N) is 2. The molecule has 0 fully saturated rings. The van der Waals surface area contributed by atoms with Gasteiger partial charge in [-0.15, -0.1) is 0 Å². The predicted octanol–water partition coefficient (Wildman–Crippen LogP) is -1.90. The van der Waals surface area contributed by atoms with Gasteiger partial charge in [0.1, 0.15) is 18.3 Å². The van der Waals surface area contributed by atoms with Gasteiger partial charge in [-0.2, -0.15) is 0 Å². The van der Waals surface area contributed by atoms with E-state index < -0.39 is 48.1 Å². The van der Waals surface area contributed by atoms with E-state index in [1.54, 1.807) is 0 Å². The van der Waals surface area contributed by atoms with Gasteiger partial charge in [-0.3, -0.25) is 9.59 Å². The van der Waals surface area contributed by atoms with E-state index in [2.05, 4.69) is 10.6 Å². The molecule has 0 aromatic heterocycles. The van der Waals surface area contributed by atoms with Crippen LogP contribution in [0.25, 0.3) is 0 Å². The van der Waals surface area contributed by atoms with E-state index in [9.17, 15) is 29.7 Å². The molecule has 1 heterocycles. The van der Waals surface area contributed by atoms with Crippen LogP contribution >= 0.6 is 0 Å². The van der Waals surface area contributed by atoms with Crippen molar-refractivity contribution in [2.75, 3.05) is 6.54 Å². The van der Waals surface area contributed by atoms with Gasteiger partial charge in [0.25, 0.3) is 0 Å². The average molecular weight is 374 g/mol. The molecule has 0 spiro atoms. The van der Waals surface area contributed by atoms with Gasteiger partial charge in [0.2, 0.25) is 17.6 Å². The summed E-state index contributed by atoms with van der Waals surface area (Å²) in [6.07, 6.45) is -4.93. The van der Waals surface area contributed by atoms with Crippen LogP contribution in [-0.4, -0.2) is 75.2 Å². The van der Waals surface area contributed by atoms with Crippen molar-refractivity contribution in [1.82, 2.24) is 10.6 Å². The van der Waals surface area contributed by atoms with E-state index in [-0.39, 0.29) is 24.8 Å². The number of carbonyl (C=O) groups excluding carboxylic acids is 2. The highest BCUT2D eigenvalue weighted by Crippen LogP contribution is 2.23. The Morgan fingerprint density at radius 3 is 2.38 bits per heavy atom. The fraction of sp³-hybridized carbons (Fsp3) is 0.688. The predicted molar refractivity (Wildman–Crippen MR) is 88.7 cm³/mol. The van der Waals surface area contributed by atoms with Crippen LogP contribution in [0.2, 0.25) is 0 Å². The minimum atomic E-state index is -1.68. The zero-order valence-electron chi connectivity index (χ0n) is 14.9. The molecule has 0 bridgehead atoms. The van der Waals surface area contributed by atoms with Crippen LogP contribution in [0, 0.1) is 5.92 Å². The maximum Gasteiger partial charge on any atom is 0.370 e. The molecule has 1 rings (SSSR count). The van der Waals surface area contributed by atoms with E-state index in [1.807, 2.05) is 13.8 Å². The Labute approximate surface area is 150 Å². The molecule has 148 valence electrons.